The summed E-state index contributed by atoms with van der Waals surface area (Å²) < 4.78 is 43.3. The lowest BCUT2D eigenvalue weighted by Crippen LogP contribution is -3.00. The predicted molar refractivity (Wildman–Crippen MR) is 82.5 cm³/mol. The topological polar surface area (TPSA) is 57.2 Å². The maximum Gasteiger partial charge on any atom is 0.412 e. The first-order valence-corrected chi connectivity index (χ1v) is 7.52. The van der Waals surface area contributed by atoms with Crippen LogP contribution in [0.25, 0.3) is 0 Å². The Labute approximate surface area is 150 Å². The molecule has 8 heteroatoms. The van der Waals surface area contributed by atoms with Crippen molar-refractivity contribution in [2.24, 2.45) is 0 Å². The van der Waals surface area contributed by atoms with Crippen LogP contribution in [0.5, 0.6) is 0 Å². The van der Waals surface area contributed by atoms with Gasteiger partial charge in [0.1, 0.15) is 12.3 Å². The van der Waals surface area contributed by atoms with Crippen LogP contribution in [-0.4, -0.2) is 30.3 Å². The van der Waals surface area contributed by atoms with E-state index in [-0.39, 0.29) is 25.6 Å². The molecule has 4 nitrogen and oxygen atoms in total. The second-order valence-electron chi connectivity index (χ2n) is 5.67. The molecule has 0 radical (unpaired) electrons. The van der Waals surface area contributed by atoms with Crippen LogP contribution in [0.1, 0.15) is 18.9 Å². The number of rotatable bonds is 3. The van der Waals surface area contributed by atoms with Crippen molar-refractivity contribution < 1.29 is 40.8 Å². The molecular formula is C17H20ClF3N2O2. The largest absolute Gasteiger partial charge is 1.00 e. The standard InChI is InChI=1S/C17H19F3N2O2.ClH/c1-12(17(18,19)20)9-14-10-22(8-7-15(14)21)16(23)24-11-13-5-3-2-4-6-13;/h2-6,9H,7-8,10-11,21H2,1H3;1H/b12-9+;. The Hall–Kier alpha value is -1.99. The molecule has 138 valence electrons. The third-order valence-corrected chi connectivity index (χ3v) is 3.80. The van der Waals surface area contributed by atoms with Gasteiger partial charge in [-0.2, -0.15) is 13.2 Å². The summed E-state index contributed by atoms with van der Waals surface area (Å²) >= 11 is 0. The minimum Gasteiger partial charge on any atom is -1.00 e. The third kappa shape index (κ3) is 6.10. The molecule has 2 rings (SSSR count). The van der Waals surface area contributed by atoms with Crippen LogP contribution in [0.15, 0.2) is 53.3 Å². The van der Waals surface area contributed by atoms with Gasteiger partial charge in [0.05, 0.1) is 6.54 Å². The number of ether oxygens (including phenoxy) is 1. The van der Waals surface area contributed by atoms with Crippen molar-refractivity contribution in [2.75, 3.05) is 13.1 Å². The van der Waals surface area contributed by atoms with E-state index in [1.54, 1.807) is 0 Å². The lowest BCUT2D eigenvalue weighted by Gasteiger charge is -2.26. The molecule has 1 amide bonds. The smallest absolute Gasteiger partial charge is 0.412 e. The van der Waals surface area contributed by atoms with Crippen LogP contribution in [0.4, 0.5) is 18.0 Å². The predicted octanol–water partition coefficient (Wildman–Crippen LogP) is 0.0375. The summed E-state index contributed by atoms with van der Waals surface area (Å²) in [4.78, 5) is 13.5. The Morgan fingerprint density at radius 2 is 1.96 bits per heavy atom. The van der Waals surface area contributed by atoms with Gasteiger partial charge in [-0.3, -0.25) is 0 Å². The number of hydrogen-bond donors (Lipinski definition) is 1. The normalized spacial score (nSPS) is 15.7. The summed E-state index contributed by atoms with van der Waals surface area (Å²) in [6, 6.07) is 9.20. The van der Waals surface area contributed by atoms with E-state index in [1.165, 1.54) is 4.90 Å². The number of allylic oxidation sites excluding steroid dienone is 1. The Morgan fingerprint density at radius 1 is 1.32 bits per heavy atom. The van der Waals surface area contributed by atoms with Gasteiger partial charge in [0, 0.05) is 24.1 Å². The number of quaternary nitrogens is 1. The zero-order valence-electron chi connectivity index (χ0n) is 13.8. The highest BCUT2D eigenvalue weighted by atomic mass is 35.5. The molecule has 1 aromatic rings. The average molecular weight is 377 g/mol. The van der Waals surface area contributed by atoms with Gasteiger partial charge in [0.25, 0.3) is 0 Å². The van der Waals surface area contributed by atoms with Crippen LogP contribution in [0.3, 0.4) is 0 Å². The molecule has 1 aliphatic rings. The Bertz CT molecular complexity index is 658. The number of hydrogen-bond acceptors (Lipinski definition) is 2. The van der Waals surface area contributed by atoms with Crippen molar-refractivity contribution in [3.8, 4) is 0 Å². The molecule has 0 fully saturated rings. The van der Waals surface area contributed by atoms with E-state index in [4.69, 9.17) is 4.74 Å². The molecule has 1 aliphatic heterocycles. The summed E-state index contributed by atoms with van der Waals surface area (Å²) in [5, 5.41) is 0. The zero-order valence-corrected chi connectivity index (χ0v) is 14.5. The summed E-state index contributed by atoms with van der Waals surface area (Å²) in [6.45, 7) is 1.59. The minimum absolute atomic E-state index is 0. The Balaban J connectivity index is 0.00000312. The van der Waals surface area contributed by atoms with Gasteiger partial charge < -0.3 is 27.8 Å². The molecule has 1 aromatic carbocycles. The van der Waals surface area contributed by atoms with Gasteiger partial charge in [-0.15, -0.1) is 0 Å². The fourth-order valence-corrected chi connectivity index (χ4v) is 2.28. The lowest BCUT2D eigenvalue weighted by atomic mass is 10.0. The maximum atomic E-state index is 12.7. The number of amides is 1. The minimum atomic E-state index is -4.39. The van der Waals surface area contributed by atoms with Crippen LogP contribution in [0.2, 0.25) is 0 Å². The van der Waals surface area contributed by atoms with Gasteiger partial charge >= 0.3 is 12.3 Å². The van der Waals surface area contributed by atoms with Crippen LogP contribution >= 0.6 is 0 Å². The Kier molecular flexibility index (Phi) is 7.51. The molecule has 0 bridgehead atoms. The summed E-state index contributed by atoms with van der Waals surface area (Å²) in [5.41, 5.74) is 4.96. The maximum absolute atomic E-state index is 12.7. The molecule has 1 heterocycles. The van der Waals surface area contributed by atoms with Gasteiger partial charge in [0.15, 0.2) is 0 Å². The highest BCUT2D eigenvalue weighted by molar-refractivity contribution is 5.68. The van der Waals surface area contributed by atoms with Crippen LogP contribution in [0, 0.1) is 0 Å². The van der Waals surface area contributed by atoms with E-state index in [9.17, 15) is 18.0 Å². The van der Waals surface area contributed by atoms with Gasteiger partial charge in [-0.1, -0.05) is 30.3 Å². The van der Waals surface area contributed by atoms with E-state index in [0.717, 1.165) is 18.6 Å². The Morgan fingerprint density at radius 3 is 2.56 bits per heavy atom. The average Bonchev–Trinajstić information content (AvgIpc) is 2.54. The number of benzene rings is 1. The van der Waals surface area contributed by atoms with Crippen molar-refractivity contribution >= 4 is 6.09 Å². The summed E-state index contributed by atoms with van der Waals surface area (Å²) in [5.74, 6) is 0. The van der Waals surface area contributed by atoms with Crippen LogP contribution in [-0.2, 0) is 11.3 Å². The fraction of sp³-hybridized carbons (Fsp3) is 0.353. The highest BCUT2D eigenvalue weighted by Gasteiger charge is 2.31. The van der Waals surface area contributed by atoms with Crippen LogP contribution < -0.4 is 18.1 Å². The molecule has 0 spiro atoms. The number of nitrogens with zero attached hydrogens (tertiary/aromatic N) is 1. The lowest BCUT2D eigenvalue weighted by molar-refractivity contribution is -0.309. The molecule has 0 saturated carbocycles. The van der Waals surface area contributed by atoms with E-state index in [1.807, 2.05) is 30.3 Å². The molecule has 0 atom stereocenters. The summed E-state index contributed by atoms with van der Waals surface area (Å²) in [6.07, 6.45) is -3.44. The molecule has 25 heavy (non-hydrogen) atoms. The zero-order chi connectivity index (χ0) is 17.7. The van der Waals surface area contributed by atoms with E-state index < -0.39 is 17.8 Å². The van der Waals surface area contributed by atoms with Crippen molar-refractivity contribution in [1.82, 2.24) is 4.90 Å². The summed E-state index contributed by atoms with van der Waals surface area (Å²) in [7, 11) is 0. The monoisotopic (exact) mass is 376 g/mol. The number of carbonyl (C=O) groups is 1. The van der Waals surface area contributed by atoms with E-state index in [0.29, 0.717) is 24.2 Å². The number of alkyl halides is 3. The fourth-order valence-electron chi connectivity index (χ4n) is 2.28. The second-order valence-corrected chi connectivity index (χ2v) is 5.67. The van der Waals surface area contributed by atoms with Crippen molar-refractivity contribution in [3.63, 3.8) is 0 Å². The molecule has 3 N–H and O–H groups in total. The van der Waals surface area contributed by atoms with Gasteiger partial charge in [-0.05, 0) is 18.6 Å². The van der Waals surface area contributed by atoms with E-state index in [2.05, 4.69) is 5.73 Å². The molecule has 0 unspecified atom stereocenters. The van der Waals surface area contributed by atoms with Crippen molar-refractivity contribution in [3.05, 3.63) is 58.8 Å². The quantitative estimate of drug-likeness (QED) is 0.809. The molecular weight excluding hydrogens is 357 g/mol. The van der Waals surface area contributed by atoms with Crippen molar-refractivity contribution in [1.29, 1.82) is 0 Å². The van der Waals surface area contributed by atoms with E-state index >= 15 is 0 Å². The number of carbonyl (C=O) groups excluding carboxylic acids is 1. The number of halogens is 4. The third-order valence-electron chi connectivity index (χ3n) is 3.80. The van der Waals surface area contributed by atoms with Gasteiger partial charge in [-0.25, -0.2) is 4.79 Å². The SMILES string of the molecule is C/C(=C\C1=C([NH3+])CCN(C(=O)OCc2ccccc2)C1)C(F)(F)F.[Cl-]. The molecule has 0 aromatic heterocycles. The highest BCUT2D eigenvalue weighted by Crippen LogP contribution is 2.27. The second kappa shape index (κ2) is 8.92. The first-order valence-electron chi connectivity index (χ1n) is 7.52. The first kappa shape index (κ1) is 21.1. The molecule has 0 saturated heterocycles. The van der Waals surface area contributed by atoms with Crippen molar-refractivity contribution in [2.45, 2.75) is 26.1 Å². The molecule has 0 aliphatic carbocycles. The first-order chi connectivity index (χ1) is 11.3. The van der Waals surface area contributed by atoms with Gasteiger partial charge in [0.2, 0.25) is 0 Å².